The van der Waals surface area contributed by atoms with Gasteiger partial charge in [-0.1, -0.05) is 40.0 Å². The quantitative estimate of drug-likeness (QED) is 0.785. The summed E-state index contributed by atoms with van der Waals surface area (Å²) in [4.78, 5) is 0. The molecule has 1 saturated heterocycles. The Bertz CT molecular complexity index is 256. The molecule has 5 atom stereocenters. The molecular formula is C17H33NO. The van der Waals surface area contributed by atoms with Crippen LogP contribution in [0.4, 0.5) is 0 Å². The molecule has 0 radical (unpaired) electrons. The molecule has 2 aliphatic rings. The zero-order chi connectivity index (χ0) is 13.7. The minimum atomic E-state index is 0.465. The van der Waals surface area contributed by atoms with Crippen molar-refractivity contribution in [2.75, 3.05) is 13.2 Å². The van der Waals surface area contributed by atoms with Crippen molar-refractivity contribution in [3.8, 4) is 0 Å². The van der Waals surface area contributed by atoms with E-state index in [9.17, 15) is 0 Å². The maximum atomic E-state index is 6.08. The molecule has 2 fully saturated rings. The van der Waals surface area contributed by atoms with Crippen LogP contribution >= 0.6 is 0 Å². The van der Waals surface area contributed by atoms with Crippen molar-refractivity contribution in [2.24, 2.45) is 17.8 Å². The zero-order valence-electron chi connectivity index (χ0n) is 13.2. The molecule has 112 valence electrons. The molecule has 1 saturated carbocycles. The van der Waals surface area contributed by atoms with Crippen LogP contribution in [0, 0.1) is 17.8 Å². The van der Waals surface area contributed by atoms with Gasteiger partial charge in [0, 0.05) is 12.6 Å². The van der Waals surface area contributed by atoms with Crippen molar-refractivity contribution in [1.29, 1.82) is 0 Å². The van der Waals surface area contributed by atoms with E-state index in [0.29, 0.717) is 12.1 Å². The van der Waals surface area contributed by atoms with Crippen molar-refractivity contribution >= 4 is 0 Å². The molecule has 2 heteroatoms. The summed E-state index contributed by atoms with van der Waals surface area (Å²) in [5, 5.41) is 3.83. The summed E-state index contributed by atoms with van der Waals surface area (Å²) in [6.07, 6.45) is 10.0. The first-order valence-corrected chi connectivity index (χ1v) is 8.61. The second-order valence-electron chi connectivity index (χ2n) is 6.78. The van der Waals surface area contributed by atoms with Gasteiger partial charge in [-0.15, -0.1) is 0 Å². The van der Waals surface area contributed by atoms with Crippen LogP contribution < -0.4 is 5.32 Å². The lowest BCUT2D eigenvalue weighted by atomic mass is 9.74. The lowest BCUT2D eigenvalue weighted by Crippen LogP contribution is -2.49. The highest BCUT2D eigenvalue weighted by atomic mass is 16.5. The minimum absolute atomic E-state index is 0.465. The third-order valence-corrected chi connectivity index (χ3v) is 5.34. The summed E-state index contributed by atoms with van der Waals surface area (Å²) in [6.45, 7) is 9.11. The first-order chi connectivity index (χ1) is 9.26. The van der Waals surface area contributed by atoms with Gasteiger partial charge >= 0.3 is 0 Å². The Morgan fingerprint density at radius 2 is 2.05 bits per heavy atom. The second kappa shape index (κ2) is 7.64. The number of hydrogen-bond donors (Lipinski definition) is 1. The number of ether oxygens (including phenoxy) is 1. The summed E-state index contributed by atoms with van der Waals surface area (Å²) >= 11 is 0. The molecule has 2 rings (SSSR count). The molecular weight excluding hydrogens is 234 g/mol. The van der Waals surface area contributed by atoms with Gasteiger partial charge in [0.05, 0.1) is 6.10 Å². The fraction of sp³-hybridized carbons (Fsp3) is 1.00. The van der Waals surface area contributed by atoms with Crippen molar-refractivity contribution < 1.29 is 4.74 Å². The minimum Gasteiger partial charge on any atom is -0.376 e. The Hall–Kier alpha value is -0.0800. The van der Waals surface area contributed by atoms with Crippen LogP contribution in [-0.4, -0.2) is 25.3 Å². The Kier molecular flexibility index (Phi) is 6.15. The summed E-state index contributed by atoms with van der Waals surface area (Å²) in [5.74, 6) is 2.54. The normalized spacial score (nSPS) is 37.4. The second-order valence-corrected chi connectivity index (χ2v) is 6.78. The predicted molar refractivity (Wildman–Crippen MR) is 81.3 cm³/mol. The standard InChI is InChI=1S/C17H33NO/c1-4-10-18-16(17-13(3)9-11-19-17)15-8-6-7-14(5-2)12-15/h13-18H,4-12H2,1-3H3. The summed E-state index contributed by atoms with van der Waals surface area (Å²) < 4.78 is 6.08. The van der Waals surface area contributed by atoms with Crippen LogP contribution in [0.2, 0.25) is 0 Å². The van der Waals surface area contributed by atoms with E-state index in [1.807, 2.05) is 0 Å². The highest BCUT2D eigenvalue weighted by Gasteiger charge is 2.38. The number of hydrogen-bond acceptors (Lipinski definition) is 2. The van der Waals surface area contributed by atoms with Gasteiger partial charge in [0.25, 0.3) is 0 Å². The van der Waals surface area contributed by atoms with Crippen molar-refractivity contribution in [2.45, 2.75) is 77.9 Å². The molecule has 1 aliphatic carbocycles. The van der Waals surface area contributed by atoms with Gasteiger partial charge in [-0.2, -0.15) is 0 Å². The van der Waals surface area contributed by atoms with Gasteiger partial charge < -0.3 is 10.1 Å². The van der Waals surface area contributed by atoms with Crippen molar-refractivity contribution in [3.63, 3.8) is 0 Å². The average molecular weight is 267 g/mol. The van der Waals surface area contributed by atoms with E-state index in [1.165, 1.54) is 44.9 Å². The molecule has 0 bridgehead atoms. The van der Waals surface area contributed by atoms with Crippen LogP contribution in [0.15, 0.2) is 0 Å². The summed E-state index contributed by atoms with van der Waals surface area (Å²) in [6, 6.07) is 0.604. The van der Waals surface area contributed by atoms with E-state index in [1.54, 1.807) is 0 Å². The molecule has 0 aromatic rings. The fourth-order valence-electron chi connectivity index (χ4n) is 4.07. The van der Waals surface area contributed by atoms with Crippen LogP contribution in [0.1, 0.15) is 65.7 Å². The smallest absolute Gasteiger partial charge is 0.0756 e. The molecule has 0 aromatic heterocycles. The van der Waals surface area contributed by atoms with Gasteiger partial charge in [0.1, 0.15) is 0 Å². The van der Waals surface area contributed by atoms with E-state index in [0.717, 1.165) is 30.9 Å². The van der Waals surface area contributed by atoms with Gasteiger partial charge in [0.2, 0.25) is 0 Å². The van der Waals surface area contributed by atoms with Gasteiger partial charge in [-0.05, 0) is 50.0 Å². The predicted octanol–water partition coefficient (Wildman–Crippen LogP) is 4.00. The Balaban J connectivity index is 1.99. The van der Waals surface area contributed by atoms with Crippen molar-refractivity contribution in [1.82, 2.24) is 5.32 Å². The number of nitrogens with one attached hydrogen (secondary N) is 1. The molecule has 19 heavy (non-hydrogen) atoms. The summed E-state index contributed by atoms with van der Waals surface area (Å²) in [5.41, 5.74) is 0. The monoisotopic (exact) mass is 267 g/mol. The van der Waals surface area contributed by atoms with Crippen molar-refractivity contribution in [3.05, 3.63) is 0 Å². The molecule has 1 heterocycles. The van der Waals surface area contributed by atoms with Gasteiger partial charge in [0.15, 0.2) is 0 Å². The topological polar surface area (TPSA) is 21.3 Å². The fourth-order valence-corrected chi connectivity index (χ4v) is 4.07. The maximum absolute atomic E-state index is 6.08. The third kappa shape index (κ3) is 3.95. The zero-order valence-corrected chi connectivity index (χ0v) is 13.2. The van der Waals surface area contributed by atoms with Crippen LogP contribution in [0.5, 0.6) is 0 Å². The summed E-state index contributed by atoms with van der Waals surface area (Å²) in [7, 11) is 0. The van der Waals surface area contributed by atoms with Gasteiger partial charge in [-0.3, -0.25) is 0 Å². The first kappa shape index (κ1) is 15.3. The third-order valence-electron chi connectivity index (χ3n) is 5.34. The van der Waals surface area contributed by atoms with Crippen LogP contribution in [0.3, 0.4) is 0 Å². The molecule has 1 N–H and O–H groups in total. The Morgan fingerprint density at radius 1 is 1.21 bits per heavy atom. The van der Waals surface area contributed by atoms with E-state index < -0.39 is 0 Å². The number of rotatable bonds is 6. The molecule has 5 unspecified atom stereocenters. The SMILES string of the molecule is CCCNC(C1CCCC(CC)C1)C1OCCC1C. The van der Waals surface area contributed by atoms with E-state index >= 15 is 0 Å². The molecule has 2 nitrogen and oxygen atoms in total. The first-order valence-electron chi connectivity index (χ1n) is 8.61. The lowest BCUT2D eigenvalue weighted by molar-refractivity contribution is 0.0277. The lowest BCUT2D eigenvalue weighted by Gasteiger charge is -2.38. The van der Waals surface area contributed by atoms with Crippen LogP contribution in [0.25, 0.3) is 0 Å². The molecule has 0 aromatic carbocycles. The van der Waals surface area contributed by atoms with E-state index in [2.05, 4.69) is 26.1 Å². The van der Waals surface area contributed by atoms with Gasteiger partial charge in [-0.25, -0.2) is 0 Å². The largest absolute Gasteiger partial charge is 0.376 e. The maximum Gasteiger partial charge on any atom is 0.0756 e. The highest BCUT2D eigenvalue weighted by molar-refractivity contribution is 4.91. The van der Waals surface area contributed by atoms with Crippen LogP contribution in [-0.2, 0) is 4.74 Å². The average Bonchev–Trinajstić information content (AvgIpc) is 2.86. The molecule has 0 amide bonds. The molecule has 0 spiro atoms. The van der Waals surface area contributed by atoms with E-state index in [4.69, 9.17) is 4.74 Å². The molecule has 1 aliphatic heterocycles. The van der Waals surface area contributed by atoms with E-state index in [-0.39, 0.29) is 0 Å². The Morgan fingerprint density at radius 3 is 2.68 bits per heavy atom. The highest BCUT2D eigenvalue weighted by Crippen LogP contribution is 2.37. The Labute approximate surface area is 119 Å².